The average Bonchev–Trinajstić information content (AvgIpc) is 1.82. The Hall–Kier alpha value is 4.22. The van der Waals surface area contributed by atoms with Crippen molar-refractivity contribution in [1.29, 1.82) is 0 Å². The maximum atomic E-state index is 9.70. The first-order valence-electron chi connectivity index (χ1n) is 2.49. The molecule has 0 radical (unpaired) electrons. The van der Waals surface area contributed by atoms with Gasteiger partial charge in [0.1, 0.15) is 0 Å². The van der Waals surface area contributed by atoms with Gasteiger partial charge in [0.15, 0.2) is 0 Å². The molecule has 1 atom stereocenters. The Morgan fingerprint density at radius 1 is 1.19 bits per heavy atom. The van der Waals surface area contributed by atoms with Gasteiger partial charge in [-0.25, -0.2) is 0 Å². The van der Waals surface area contributed by atoms with Crippen LogP contribution in [0.3, 0.4) is 0 Å². The molecule has 0 aliphatic carbocycles. The molecule has 0 heterocycles. The molecule has 3 N–H and O–H groups in total. The molecule has 16 heavy (non-hydrogen) atoms. The van der Waals surface area contributed by atoms with Crippen LogP contribution in [0.2, 0.25) is 0 Å². The molecule has 0 saturated heterocycles. The molecule has 0 fully saturated rings. The van der Waals surface area contributed by atoms with E-state index in [1.54, 1.807) is 0 Å². The smallest absolute Gasteiger partial charge is 0.813 e. The van der Waals surface area contributed by atoms with Gasteiger partial charge in [0.05, 0.1) is 5.85 Å². The van der Waals surface area contributed by atoms with Gasteiger partial charge in [0.25, 0.3) is 0 Å². The summed E-state index contributed by atoms with van der Waals surface area (Å²) >= 11 is 0. The van der Waals surface area contributed by atoms with Gasteiger partial charge in [-0.3, -0.25) is 0 Å². The summed E-state index contributed by atoms with van der Waals surface area (Å²) in [6.45, 7) is -0.537. The van der Waals surface area contributed by atoms with Crippen molar-refractivity contribution in [1.82, 2.24) is 0 Å². The van der Waals surface area contributed by atoms with E-state index in [4.69, 9.17) is 19.5 Å². The van der Waals surface area contributed by atoms with Crippen molar-refractivity contribution in [3.05, 3.63) is 0 Å². The largest absolute Gasteiger partial charge is 1.00 e. The van der Waals surface area contributed by atoms with Crippen LogP contribution >= 0.6 is 15.9 Å². The van der Waals surface area contributed by atoms with Crippen molar-refractivity contribution >= 4 is 15.9 Å². The first kappa shape index (κ1) is 36.9. The summed E-state index contributed by atoms with van der Waals surface area (Å²) < 4.78 is 18.2. The molecule has 0 aliphatic rings. The van der Waals surface area contributed by atoms with E-state index in [2.05, 4.69) is 5.73 Å². The second-order valence-electron chi connectivity index (χ2n) is 1.51. The number of nitrogens with two attached hydrogens (primary N) is 1. The SMILES string of the molecule is NCC(O)P(=O)([O-])[O-].O=[PH]([O-])[O-].[Na+].[Na+].[Na+].[Na+]. The number of aliphatic hydroxyl groups excluding tert-OH is 1. The van der Waals surface area contributed by atoms with Crippen LogP contribution in [0.15, 0.2) is 0 Å². The summed E-state index contributed by atoms with van der Waals surface area (Å²) in [5.74, 6) is -1.93. The van der Waals surface area contributed by atoms with Crippen molar-refractivity contribution in [2.24, 2.45) is 5.73 Å². The minimum absolute atomic E-state index is 0. The zero-order valence-corrected chi connectivity index (χ0v) is 19.6. The normalized spacial score (nSPS) is 10.2. The second kappa shape index (κ2) is 21.5. The Morgan fingerprint density at radius 2 is 1.38 bits per heavy atom. The first-order valence-corrected chi connectivity index (χ1v) is 5.33. The molecule has 0 aromatic rings. The minimum atomic E-state index is -4.83. The van der Waals surface area contributed by atoms with Gasteiger partial charge in [-0.2, -0.15) is 0 Å². The Balaban J connectivity index is -0.0000000281. The van der Waals surface area contributed by atoms with Gasteiger partial charge in [0, 0.05) is 6.54 Å². The third kappa shape index (κ3) is 36.2. The Morgan fingerprint density at radius 3 is 1.38 bits per heavy atom. The Kier molecular flexibility index (Phi) is 49.7. The molecule has 0 aromatic heterocycles. The standard InChI is InChI=1S/C2H8NO4P.4Na.H3O3P/c3-1-2(4)8(5,6)7;;;;;1-4(2)3/h2,4H,1,3H2,(H2,5,6,7);;;;;4H,(H2,1,2,3)/q;4*+1;/p-4. The van der Waals surface area contributed by atoms with Crippen LogP contribution in [0.25, 0.3) is 0 Å². The third-order valence-electron chi connectivity index (χ3n) is 0.576. The molecular weight excluding hydrogens is 304 g/mol. The van der Waals surface area contributed by atoms with E-state index in [0.717, 1.165) is 0 Å². The molecule has 0 aromatic carbocycles. The molecule has 0 bridgehead atoms. The zero-order valence-electron chi connectivity index (χ0n) is 9.71. The second-order valence-corrected chi connectivity index (χ2v) is 3.68. The monoisotopic (exact) mass is 311 g/mol. The summed E-state index contributed by atoms with van der Waals surface area (Å²) in [4.78, 5) is 36.4. The van der Waals surface area contributed by atoms with E-state index in [1.807, 2.05) is 0 Å². The van der Waals surface area contributed by atoms with Crippen LogP contribution in [0.4, 0.5) is 0 Å². The summed E-state index contributed by atoms with van der Waals surface area (Å²) in [6, 6.07) is 0. The summed E-state index contributed by atoms with van der Waals surface area (Å²) in [6.07, 6.45) is 0. The van der Waals surface area contributed by atoms with Crippen LogP contribution in [0.5, 0.6) is 0 Å². The molecule has 76 valence electrons. The molecule has 14 heteroatoms. The van der Waals surface area contributed by atoms with Crippen LogP contribution in [-0.2, 0) is 9.13 Å². The molecular formula is C2H7NNa4O7P2. The van der Waals surface area contributed by atoms with Crippen LogP contribution < -0.4 is 144 Å². The molecule has 0 saturated carbocycles. The Bertz CT molecular complexity index is 185. The van der Waals surface area contributed by atoms with Gasteiger partial charge in [-0.05, 0) is 7.60 Å². The number of hydrogen-bond donors (Lipinski definition) is 2. The number of aliphatic hydroxyl groups is 1. The van der Waals surface area contributed by atoms with Crippen molar-refractivity contribution in [2.75, 3.05) is 6.54 Å². The van der Waals surface area contributed by atoms with Crippen LogP contribution in [0.1, 0.15) is 0 Å². The summed E-state index contributed by atoms with van der Waals surface area (Å²) in [7, 11) is -8.46. The van der Waals surface area contributed by atoms with Crippen molar-refractivity contribution in [3.63, 3.8) is 0 Å². The van der Waals surface area contributed by atoms with Gasteiger partial charge >= 0.3 is 118 Å². The molecule has 0 aliphatic heterocycles. The zero-order chi connectivity index (χ0) is 10.4. The van der Waals surface area contributed by atoms with E-state index in [1.165, 1.54) is 0 Å². The quantitative estimate of drug-likeness (QED) is 0.373. The van der Waals surface area contributed by atoms with Gasteiger partial charge < -0.3 is 39.5 Å². The fraction of sp³-hybridized carbons (Fsp3) is 1.00. The van der Waals surface area contributed by atoms with Crippen molar-refractivity contribution in [2.45, 2.75) is 5.85 Å². The maximum absolute atomic E-state index is 9.70. The maximum Gasteiger partial charge on any atom is 1.00 e. The fourth-order valence-corrected chi connectivity index (χ4v) is 0.387. The van der Waals surface area contributed by atoms with E-state index in [9.17, 15) is 14.4 Å². The van der Waals surface area contributed by atoms with Crippen molar-refractivity contribution in [3.8, 4) is 0 Å². The number of hydrogen-bond acceptors (Lipinski definition) is 8. The third-order valence-corrected chi connectivity index (χ3v) is 1.52. The topological polar surface area (TPSA) is 173 Å². The molecule has 0 rings (SSSR count). The van der Waals surface area contributed by atoms with E-state index in [0.29, 0.717) is 0 Å². The Labute approximate surface area is 182 Å². The van der Waals surface area contributed by atoms with E-state index < -0.39 is 28.2 Å². The van der Waals surface area contributed by atoms with E-state index >= 15 is 0 Å². The summed E-state index contributed by atoms with van der Waals surface area (Å²) in [5.41, 5.74) is 4.64. The molecule has 0 amide bonds. The predicted octanol–water partition coefficient (Wildman–Crippen LogP) is -16.7. The molecule has 0 spiro atoms. The number of rotatable bonds is 2. The summed E-state index contributed by atoms with van der Waals surface area (Å²) in [5, 5.41) is 8.18. The van der Waals surface area contributed by atoms with Crippen LogP contribution in [-0.4, -0.2) is 17.5 Å². The van der Waals surface area contributed by atoms with Crippen molar-refractivity contribution < 1.29 is 152 Å². The average molecular weight is 311 g/mol. The van der Waals surface area contributed by atoms with Crippen LogP contribution in [0, 0.1) is 0 Å². The fourth-order valence-electron chi connectivity index (χ4n) is 0.129. The molecule has 1 unspecified atom stereocenters. The molecule has 8 nitrogen and oxygen atoms in total. The predicted molar refractivity (Wildman–Crippen MR) is 31.7 cm³/mol. The van der Waals surface area contributed by atoms with Gasteiger partial charge in [-0.1, -0.05) is 8.25 Å². The first-order chi connectivity index (χ1) is 5.21. The van der Waals surface area contributed by atoms with E-state index in [-0.39, 0.29) is 118 Å². The minimum Gasteiger partial charge on any atom is -0.813 e. The van der Waals surface area contributed by atoms with Gasteiger partial charge in [-0.15, -0.1) is 0 Å². The van der Waals surface area contributed by atoms with Gasteiger partial charge in [0.2, 0.25) is 0 Å².